The van der Waals surface area contributed by atoms with Crippen molar-refractivity contribution in [3.8, 4) is 17.3 Å². The van der Waals surface area contributed by atoms with Gasteiger partial charge in [-0.25, -0.2) is 13.4 Å². The molecule has 23 heavy (non-hydrogen) atoms. The number of nitrogens with zero attached hydrogens (tertiary/aromatic N) is 3. The Hall–Kier alpha value is -2.27. The summed E-state index contributed by atoms with van der Waals surface area (Å²) in [6, 6.07) is 13.6. The molecule has 1 atom stereocenters. The summed E-state index contributed by atoms with van der Waals surface area (Å²) in [7, 11) is -3.71. The van der Waals surface area contributed by atoms with Gasteiger partial charge in [-0.1, -0.05) is 18.2 Å². The van der Waals surface area contributed by atoms with Gasteiger partial charge in [-0.05, 0) is 30.7 Å². The van der Waals surface area contributed by atoms with Crippen LogP contribution in [-0.4, -0.2) is 42.0 Å². The van der Waals surface area contributed by atoms with Crippen LogP contribution in [0, 0.1) is 11.3 Å². The van der Waals surface area contributed by atoms with Crippen LogP contribution in [0.15, 0.2) is 47.5 Å². The van der Waals surface area contributed by atoms with E-state index in [4.69, 9.17) is 5.26 Å². The van der Waals surface area contributed by atoms with E-state index >= 15 is 0 Å². The summed E-state index contributed by atoms with van der Waals surface area (Å²) in [4.78, 5) is 4.25. The van der Waals surface area contributed by atoms with Crippen LogP contribution in [0.1, 0.15) is 12.0 Å². The molecule has 1 aromatic carbocycles. The smallest absolute Gasteiger partial charge is 0.260 e. The van der Waals surface area contributed by atoms with E-state index in [2.05, 4.69) is 4.98 Å². The standard InChI is InChI=1S/C16H15N3O3S/c17-10-12-4-6-13(7-5-12)15-2-1-3-16(18-15)23(21,22)19-9-8-14(20)11-19/h1-7,14,20H,8-9,11H2. The SMILES string of the molecule is N#Cc1ccc(-c2cccc(S(=O)(=O)N3CCC(O)C3)n2)cc1. The zero-order valence-corrected chi connectivity index (χ0v) is 13.1. The molecular weight excluding hydrogens is 314 g/mol. The highest BCUT2D eigenvalue weighted by Gasteiger charge is 2.32. The number of rotatable bonds is 3. The minimum Gasteiger partial charge on any atom is -0.392 e. The Labute approximate surface area is 134 Å². The average molecular weight is 329 g/mol. The highest BCUT2D eigenvalue weighted by atomic mass is 32.2. The van der Waals surface area contributed by atoms with E-state index in [0.29, 0.717) is 24.2 Å². The summed E-state index contributed by atoms with van der Waals surface area (Å²) >= 11 is 0. The van der Waals surface area contributed by atoms with Gasteiger partial charge in [-0.15, -0.1) is 0 Å². The summed E-state index contributed by atoms with van der Waals surface area (Å²) < 4.78 is 26.4. The molecule has 1 fully saturated rings. The van der Waals surface area contributed by atoms with E-state index in [0.717, 1.165) is 5.56 Å². The molecule has 0 amide bonds. The first-order valence-corrected chi connectivity index (χ1v) is 8.60. The van der Waals surface area contributed by atoms with Crippen LogP contribution in [0.25, 0.3) is 11.3 Å². The minimum absolute atomic E-state index is 0.0338. The maximum absolute atomic E-state index is 12.6. The van der Waals surface area contributed by atoms with Crippen molar-refractivity contribution >= 4 is 10.0 Å². The Morgan fingerprint density at radius 3 is 2.57 bits per heavy atom. The Morgan fingerprint density at radius 1 is 1.22 bits per heavy atom. The lowest BCUT2D eigenvalue weighted by atomic mass is 10.1. The van der Waals surface area contributed by atoms with E-state index in [1.165, 1.54) is 10.4 Å². The van der Waals surface area contributed by atoms with E-state index in [1.807, 2.05) is 6.07 Å². The van der Waals surface area contributed by atoms with Gasteiger partial charge in [0.1, 0.15) is 0 Å². The number of hydrogen-bond donors (Lipinski definition) is 1. The van der Waals surface area contributed by atoms with Crippen LogP contribution in [0.4, 0.5) is 0 Å². The largest absolute Gasteiger partial charge is 0.392 e. The van der Waals surface area contributed by atoms with Gasteiger partial charge >= 0.3 is 0 Å². The van der Waals surface area contributed by atoms with Crippen molar-refractivity contribution in [2.75, 3.05) is 13.1 Å². The lowest BCUT2D eigenvalue weighted by Crippen LogP contribution is -2.30. The highest BCUT2D eigenvalue weighted by Crippen LogP contribution is 2.23. The monoisotopic (exact) mass is 329 g/mol. The lowest BCUT2D eigenvalue weighted by Gasteiger charge is -2.15. The number of aromatic nitrogens is 1. The van der Waals surface area contributed by atoms with E-state index in [-0.39, 0.29) is 11.6 Å². The summed E-state index contributed by atoms with van der Waals surface area (Å²) in [6.07, 6.45) is -0.180. The van der Waals surface area contributed by atoms with Crippen molar-refractivity contribution in [2.45, 2.75) is 17.6 Å². The average Bonchev–Trinajstić information content (AvgIpc) is 3.02. The van der Waals surface area contributed by atoms with Gasteiger partial charge in [0.2, 0.25) is 0 Å². The number of aliphatic hydroxyl groups is 1. The van der Waals surface area contributed by atoms with Gasteiger partial charge in [0.15, 0.2) is 5.03 Å². The third kappa shape index (κ3) is 3.10. The molecule has 1 aliphatic heterocycles. The van der Waals surface area contributed by atoms with Crippen molar-refractivity contribution in [1.29, 1.82) is 5.26 Å². The lowest BCUT2D eigenvalue weighted by molar-refractivity contribution is 0.189. The first-order chi connectivity index (χ1) is 11.0. The number of nitriles is 1. The van der Waals surface area contributed by atoms with Crippen molar-refractivity contribution < 1.29 is 13.5 Å². The van der Waals surface area contributed by atoms with Crippen molar-refractivity contribution in [3.63, 3.8) is 0 Å². The first kappa shape index (κ1) is 15.6. The van der Waals surface area contributed by atoms with Crippen molar-refractivity contribution in [2.24, 2.45) is 0 Å². The third-order valence-corrected chi connectivity index (χ3v) is 5.53. The van der Waals surface area contributed by atoms with Crippen LogP contribution >= 0.6 is 0 Å². The molecular formula is C16H15N3O3S. The minimum atomic E-state index is -3.71. The van der Waals surface area contributed by atoms with Gasteiger partial charge in [0.05, 0.1) is 23.4 Å². The fraction of sp³-hybridized carbons (Fsp3) is 0.250. The normalized spacial score (nSPS) is 18.7. The predicted octanol–water partition coefficient (Wildman–Crippen LogP) is 1.38. The van der Waals surface area contributed by atoms with Crippen LogP contribution < -0.4 is 0 Å². The second-order valence-corrected chi connectivity index (χ2v) is 7.24. The van der Waals surface area contributed by atoms with Gasteiger partial charge in [0.25, 0.3) is 10.0 Å². The topological polar surface area (TPSA) is 94.3 Å². The van der Waals surface area contributed by atoms with Crippen molar-refractivity contribution in [1.82, 2.24) is 9.29 Å². The molecule has 0 radical (unpaired) electrons. The summed E-state index contributed by atoms with van der Waals surface area (Å²) in [5, 5.41) is 18.3. The number of sulfonamides is 1. The number of benzene rings is 1. The highest BCUT2D eigenvalue weighted by molar-refractivity contribution is 7.89. The third-order valence-electron chi connectivity index (χ3n) is 3.76. The van der Waals surface area contributed by atoms with Gasteiger partial charge in [0, 0.05) is 18.7 Å². The molecule has 0 saturated carbocycles. The van der Waals surface area contributed by atoms with Crippen LogP contribution in [-0.2, 0) is 10.0 Å². The Balaban J connectivity index is 1.94. The van der Waals surface area contributed by atoms with Crippen LogP contribution in [0.5, 0.6) is 0 Å². The zero-order valence-electron chi connectivity index (χ0n) is 12.3. The zero-order chi connectivity index (χ0) is 16.4. The quantitative estimate of drug-likeness (QED) is 0.918. The molecule has 1 aliphatic rings. The second kappa shape index (κ2) is 6.08. The van der Waals surface area contributed by atoms with Gasteiger partial charge < -0.3 is 5.11 Å². The van der Waals surface area contributed by atoms with Crippen LogP contribution in [0.2, 0.25) is 0 Å². The van der Waals surface area contributed by atoms with E-state index < -0.39 is 16.1 Å². The Kier molecular flexibility index (Phi) is 4.13. The summed E-state index contributed by atoms with van der Waals surface area (Å²) in [6.45, 7) is 0.400. The first-order valence-electron chi connectivity index (χ1n) is 7.16. The molecule has 118 valence electrons. The molecule has 2 aromatic rings. The molecule has 3 rings (SSSR count). The molecule has 2 heterocycles. The van der Waals surface area contributed by atoms with Gasteiger partial charge in [-0.2, -0.15) is 9.57 Å². The second-order valence-electron chi connectivity index (χ2n) is 5.36. The van der Waals surface area contributed by atoms with Crippen LogP contribution in [0.3, 0.4) is 0 Å². The molecule has 6 nitrogen and oxygen atoms in total. The molecule has 1 aromatic heterocycles. The Bertz CT molecular complexity index is 857. The maximum atomic E-state index is 12.6. The van der Waals surface area contributed by atoms with E-state index in [9.17, 15) is 13.5 Å². The molecule has 7 heteroatoms. The fourth-order valence-electron chi connectivity index (χ4n) is 2.50. The summed E-state index contributed by atoms with van der Waals surface area (Å²) in [5.41, 5.74) is 1.79. The number of pyridine rings is 1. The molecule has 1 N–H and O–H groups in total. The predicted molar refractivity (Wildman–Crippen MR) is 83.8 cm³/mol. The van der Waals surface area contributed by atoms with E-state index in [1.54, 1.807) is 36.4 Å². The molecule has 1 saturated heterocycles. The molecule has 0 spiro atoms. The molecule has 1 unspecified atom stereocenters. The summed E-state index contributed by atoms with van der Waals surface area (Å²) in [5.74, 6) is 0. The van der Waals surface area contributed by atoms with Crippen molar-refractivity contribution in [3.05, 3.63) is 48.0 Å². The number of hydrogen-bond acceptors (Lipinski definition) is 5. The van der Waals surface area contributed by atoms with Gasteiger partial charge in [-0.3, -0.25) is 0 Å². The molecule has 0 aliphatic carbocycles. The number of aliphatic hydroxyl groups excluding tert-OH is 1. The molecule has 0 bridgehead atoms. The number of β-amino-alcohol motifs (C(OH)–C–C–N with tert-alkyl or cyclic N) is 1. The fourth-order valence-corrected chi connectivity index (χ4v) is 3.94. The Morgan fingerprint density at radius 2 is 1.96 bits per heavy atom. The maximum Gasteiger partial charge on any atom is 0.260 e.